The van der Waals surface area contributed by atoms with Gasteiger partial charge in [0.2, 0.25) is 6.10 Å². The van der Waals surface area contributed by atoms with E-state index in [0.29, 0.717) is 10.8 Å². The maximum absolute atomic E-state index is 10.8. The zero-order valence-corrected chi connectivity index (χ0v) is 9.82. The monoisotopic (exact) mass is 244 g/mol. The third-order valence-electron chi connectivity index (χ3n) is 2.02. The molecule has 1 N–H and O–H groups in total. The zero-order chi connectivity index (χ0) is 12.1. The summed E-state index contributed by atoms with van der Waals surface area (Å²) < 4.78 is 10.00. The van der Waals surface area contributed by atoms with Crippen molar-refractivity contribution in [3.63, 3.8) is 0 Å². The lowest BCUT2D eigenvalue weighted by Crippen LogP contribution is -2.31. The van der Waals surface area contributed by atoms with Crippen LogP contribution >= 0.6 is 11.6 Å². The summed E-state index contributed by atoms with van der Waals surface area (Å²) in [6.45, 7) is 1.84. The first-order valence-electron chi connectivity index (χ1n) is 4.69. The number of carbonyl (C=O) groups is 1. The van der Waals surface area contributed by atoms with E-state index < -0.39 is 12.1 Å². The molecule has 0 aliphatic carbocycles. The summed E-state index contributed by atoms with van der Waals surface area (Å²) in [6.07, 6.45) is -1.02. The number of aliphatic carboxylic acids is 1. The topological polar surface area (TPSA) is 55.8 Å². The number of rotatable bonds is 5. The van der Waals surface area contributed by atoms with E-state index in [1.165, 1.54) is 7.11 Å². The van der Waals surface area contributed by atoms with Gasteiger partial charge < -0.3 is 14.6 Å². The summed E-state index contributed by atoms with van der Waals surface area (Å²) in [7, 11) is 1.42. The van der Waals surface area contributed by atoms with Gasteiger partial charge in [0.1, 0.15) is 5.75 Å². The maximum Gasteiger partial charge on any atom is 0.347 e. The van der Waals surface area contributed by atoms with Gasteiger partial charge in [-0.15, -0.1) is 0 Å². The van der Waals surface area contributed by atoms with Crippen LogP contribution in [-0.4, -0.2) is 30.9 Å². The van der Waals surface area contributed by atoms with Crippen LogP contribution in [0.3, 0.4) is 0 Å². The smallest absolute Gasteiger partial charge is 0.347 e. The summed E-state index contributed by atoms with van der Waals surface area (Å²) in [5.41, 5.74) is 0.910. The van der Waals surface area contributed by atoms with Crippen molar-refractivity contribution in [2.45, 2.75) is 13.0 Å². The molecular formula is C11H13ClO4. The summed E-state index contributed by atoms with van der Waals surface area (Å²) in [4.78, 5) is 10.8. The number of halogens is 1. The van der Waals surface area contributed by atoms with Crippen LogP contribution < -0.4 is 4.74 Å². The van der Waals surface area contributed by atoms with Crippen molar-refractivity contribution in [3.05, 3.63) is 28.8 Å². The Bertz CT molecular complexity index is 378. The molecule has 1 aromatic rings. The molecule has 88 valence electrons. The molecule has 0 saturated heterocycles. The molecule has 4 nitrogen and oxygen atoms in total. The molecule has 0 heterocycles. The minimum absolute atomic E-state index is 0.0131. The Kier molecular flexibility index (Phi) is 4.58. The van der Waals surface area contributed by atoms with E-state index >= 15 is 0 Å². The second-order valence-electron chi connectivity index (χ2n) is 3.31. The lowest BCUT2D eigenvalue weighted by molar-refractivity contribution is -0.147. The molecule has 0 saturated carbocycles. The third kappa shape index (κ3) is 3.40. The molecule has 0 bridgehead atoms. The van der Waals surface area contributed by atoms with Crippen molar-refractivity contribution in [1.29, 1.82) is 0 Å². The van der Waals surface area contributed by atoms with Gasteiger partial charge in [0, 0.05) is 12.1 Å². The first-order valence-corrected chi connectivity index (χ1v) is 5.07. The van der Waals surface area contributed by atoms with E-state index in [1.54, 1.807) is 18.2 Å². The number of hydrogen-bond donors (Lipinski definition) is 1. The quantitative estimate of drug-likeness (QED) is 0.862. The number of benzene rings is 1. The predicted octanol–water partition coefficient (Wildman–Crippen LogP) is 2.13. The average molecular weight is 245 g/mol. The summed E-state index contributed by atoms with van der Waals surface area (Å²) in [5, 5.41) is 9.39. The molecule has 0 spiro atoms. The highest BCUT2D eigenvalue weighted by Gasteiger charge is 2.19. The number of carboxylic acids is 1. The van der Waals surface area contributed by atoms with Crippen LogP contribution in [0.1, 0.15) is 5.56 Å². The van der Waals surface area contributed by atoms with Gasteiger partial charge in [0.05, 0.1) is 6.61 Å². The van der Waals surface area contributed by atoms with E-state index in [2.05, 4.69) is 0 Å². The number of aryl methyl sites for hydroxylation is 1. The normalized spacial score (nSPS) is 12.2. The van der Waals surface area contributed by atoms with Crippen LogP contribution in [0, 0.1) is 6.92 Å². The van der Waals surface area contributed by atoms with Crippen LogP contribution in [0.25, 0.3) is 0 Å². The van der Waals surface area contributed by atoms with Crippen molar-refractivity contribution in [1.82, 2.24) is 0 Å². The lowest BCUT2D eigenvalue weighted by atomic mass is 10.2. The van der Waals surface area contributed by atoms with Crippen LogP contribution in [0.2, 0.25) is 5.02 Å². The van der Waals surface area contributed by atoms with Crippen LogP contribution in [0.15, 0.2) is 18.2 Å². The van der Waals surface area contributed by atoms with Gasteiger partial charge >= 0.3 is 5.97 Å². The molecule has 1 unspecified atom stereocenters. The molecule has 16 heavy (non-hydrogen) atoms. The van der Waals surface area contributed by atoms with Crippen LogP contribution in [-0.2, 0) is 9.53 Å². The Hall–Kier alpha value is -1.26. The first-order chi connectivity index (χ1) is 7.54. The Labute approximate surface area is 98.7 Å². The highest BCUT2D eigenvalue weighted by atomic mass is 35.5. The number of ether oxygens (including phenoxy) is 2. The molecule has 0 amide bonds. The average Bonchev–Trinajstić information content (AvgIpc) is 2.22. The minimum atomic E-state index is -1.07. The maximum atomic E-state index is 10.8. The van der Waals surface area contributed by atoms with Crippen molar-refractivity contribution in [2.75, 3.05) is 13.7 Å². The van der Waals surface area contributed by atoms with Gasteiger partial charge in [-0.1, -0.05) is 17.7 Å². The fourth-order valence-corrected chi connectivity index (χ4v) is 1.29. The predicted molar refractivity (Wildman–Crippen MR) is 60.1 cm³/mol. The Balaban J connectivity index is 2.77. The largest absolute Gasteiger partial charge is 0.478 e. The second-order valence-corrected chi connectivity index (χ2v) is 3.72. The Morgan fingerprint density at radius 3 is 2.75 bits per heavy atom. The van der Waals surface area contributed by atoms with Gasteiger partial charge in [-0.05, 0) is 24.6 Å². The van der Waals surface area contributed by atoms with Crippen LogP contribution in [0.5, 0.6) is 5.75 Å². The van der Waals surface area contributed by atoms with Gasteiger partial charge in [-0.3, -0.25) is 0 Å². The molecule has 0 fully saturated rings. The number of hydrogen-bond acceptors (Lipinski definition) is 3. The molecular weight excluding hydrogens is 232 g/mol. The third-order valence-corrected chi connectivity index (χ3v) is 2.42. The number of carboxylic acid groups (broad SMARTS) is 1. The fraction of sp³-hybridized carbons (Fsp3) is 0.364. The van der Waals surface area contributed by atoms with Gasteiger partial charge in [0.25, 0.3) is 0 Å². The fourth-order valence-electron chi connectivity index (χ4n) is 1.12. The summed E-state index contributed by atoms with van der Waals surface area (Å²) in [6, 6.07) is 5.03. The van der Waals surface area contributed by atoms with E-state index in [9.17, 15) is 4.79 Å². The summed E-state index contributed by atoms with van der Waals surface area (Å²) >= 11 is 5.90. The van der Waals surface area contributed by atoms with E-state index in [4.69, 9.17) is 26.2 Å². The summed E-state index contributed by atoms with van der Waals surface area (Å²) in [5.74, 6) is -0.654. The molecule has 1 aromatic carbocycles. The molecule has 1 atom stereocenters. The molecule has 1 rings (SSSR count). The van der Waals surface area contributed by atoms with Crippen molar-refractivity contribution >= 4 is 17.6 Å². The van der Waals surface area contributed by atoms with Crippen LogP contribution in [0.4, 0.5) is 0 Å². The SMILES string of the molecule is COCC(Oc1ccc(C)c(Cl)c1)C(=O)O. The zero-order valence-electron chi connectivity index (χ0n) is 9.07. The Morgan fingerprint density at radius 2 is 2.25 bits per heavy atom. The highest BCUT2D eigenvalue weighted by Crippen LogP contribution is 2.22. The van der Waals surface area contributed by atoms with Crippen molar-refractivity contribution < 1.29 is 19.4 Å². The van der Waals surface area contributed by atoms with E-state index in [1.807, 2.05) is 6.92 Å². The molecule has 0 aliphatic heterocycles. The first kappa shape index (κ1) is 12.8. The minimum Gasteiger partial charge on any atom is -0.478 e. The van der Waals surface area contributed by atoms with Gasteiger partial charge in [-0.2, -0.15) is 0 Å². The molecule has 0 radical (unpaired) electrons. The Morgan fingerprint density at radius 1 is 1.56 bits per heavy atom. The lowest BCUT2D eigenvalue weighted by Gasteiger charge is -2.14. The van der Waals surface area contributed by atoms with Crippen molar-refractivity contribution in [3.8, 4) is 5.75 Å². The molecule has 0 aliphatic rings. The molecule has 0 aromatic heterocycles. The van der Waals surface area contributed by atoms with Gasteiger partial charge in [0.15, 0.2) is 0 Å². The number of methoxy groups -OCH3 is 1. The molecule has 5 heteroatoms. The van der Waals surface area contributed by atoms with Crippen molar-refractivity contribution in [2.24, 2.45) is 0 Å². The standard InChI is InChI=1S/C11H13ClO4/c1-7-3-4-8(5-9(7)12)16-10(6-15-2)11(13)14/h3-5,10H,6H2,1-2H3,(H,13,14). The highest BCUT2D eigenvalue weighted by molar-refractivity contribution is 6.31. The second kappa shape index (κ2) is 5.72. The van der Waals surface area contributed by atoms with E-state index in [0.717, 1.165) is 5.56 Å². The van der Waals surface area contributed by atoms with Gasteiger partial charge in [-0.25, -0.2) is 4.79 Å². The van der Waals surface area contributed by atoms with E-state index in [-0.39, 0.29) is 6.61 Å².